The van der Waals surface area contributed by atoms with E-state index < -0.39 is 0 Å². The summed E-state index contributed by atoms with van der Waals surface area (Å²) in [5.41, 5.74) is 4.36. The van der Waals surface area contributed by atoms with Crippen molar-refractivity contribution in [1.29, 1.82) is 0 Å². The molecule has 1 aliphatic heterocycles. The second-order valence-electron chi connectivity index (χ2n) is 7.01. The monoisotopic (exact) mass is 382 g/mol. The van der Waals surface area contributed by atoms with Gasteiger partial charge in [-0.2, -0.15) is 0 Å². The van der Waals surface area contributed by atoms with Crippen molar-refractivity contribution < 1.29 is 0 Å². The van der Waals surface area contributed by atoms with Gasteiger partial charge < -0.3 is 14.4 Å². The third-order valence-electron chi connectivity index (χ3n) is 5.44. The van der Waals surface area contributed by atoms with Crippen LogP contribution in [0.2, 0.25) is 0 Å². The van der Waals surface area contributed by atoms with Gasteiger partial charge in [-0.05, 0) is 25.5 Å². The van der Waals surface area contributed by atoms with Crippen molar-refractivity contribution in [1.82, 2.24) is 29.5 Å². The summed E-state index contributed by atoms with van der Waals surface area (Å²) < 4.78 is 2.00. The van der Waals surface area contributed by atoms with Gasteiger partial charge in [0.15, 0.2) is 16.6 Å². The standard InChI is InChI=1S/C18H22N8S/c1-24-11-21-15-14(24)17(20-10-19-15)26-8-6-25(7-9-26)16-12-4-3-5-13(12)22-18(23-16)27-2/h10-11H,3-9H2,1-2H3. The molecule has 5 rings (SSSR count). The largest absolute Gasteiger partial charge is 0.353 e. The Hall–Kier alpha value is -2.42. The summed E-state index contributed by atoms with van der Waals surface area (Å²) >= 11 is 1.63. The number of thioether (sulfide) groups is 1. The third-order valence-corrected chi connectivity index (χ3v) is 5.99. The summed E-state index contributed by atoms with van der Waals surface area (Å²) in [6.07, 6.45) is 8.83. The van der Waals surface area contributed by atoms with Gasteiger partial charge in [0.2, 0.25) is 0 Å². The highest BCUT2D eigenvalue weighted by atomic mass is 32.2. The molecule has 2 aliphatic rings. The van der Waals surface area contributed by atoms with Crippen molar-refractivity contribution in [3.63, 3.8) is 0 Å². The zero-order valence-corrected chi connectivity index (χ0v) is 16.4. The molecule has 1 aliphatic carbocycles. The summed E-state index contributed by atoms with van der Waals surface area (Å²) in [5.74, 6) is 2.12. The smallest absolute Gasteiger partial charge is 0.189 e. The highest BCUT2D eigenvalue weighted by Gasteiger charge is 2.27. The van der Waals surface area contributed by atoms with E-state index in [4.69, 9.17) is 9.97 Å². The third kappa shape index (κ3) is 2.80. The van der Waals surface area contributed by atoms with Crippen molar-refractivity contribution in [3.05, 3.63) is 23.9 Å². The van der Waals surface area contributed by atoms with Crippen molar-refractivity contribution in [3.8, 4) is 0 Å². The first-order chi connectivity index (χ1) is 13.2. The molecule has 0 radical (unpaired) electrons. The molecule has 8 nitrogen and oxygen atoms in total. The van der Waals surface area contributed by atoms with Crippen LogP contribution < -0.4 is 9.80 Å². The molecule has 1 fully saturated rings. The van der Waals surface area contributed by atoms with Gasteiger partial charge >= 0.3 is 0 Å². The Balaban J connectivity index is 1.41. The minimum absolute atomic E-state index is 0.753. The number of rotatable bonds is 3. The zero-order valence-electron chi connectivity index (χ0n) is 15.6. The molecular weight excluding hydrogens is 360 g/mol. The van der Waals surface area contributed by atoms with E-state index >= 15 is 0 Å². The SMILES string of the molecule is CSc1nc2c(c(N3CCN(c4ncnc5ncn(C)c45)CC3)n1)CCC2. The van der Waals surface area contributed by atoms with Crippen LogP contribution in [0.3, 0.4) is 0 Å². The van der Waals surface area contributed by atoms with Crippen LogP contribution in [-0.4, -0.2) is 61.9 Å². The fraction of sp³-hybridized carbons (Fsp3) is 0.500. The molecule has 3 aromatic rings. The predicted octanol–water partition coefficient (Wildman–Crippen LogP) is 1.69. The predicted molar refractivity (Wildman–Crippen MR) is 107 cm³/mol. The molecule has 9 heteroatoms. The van der Waals surface area contributed by atoms with Gasteiger partial charge in [-0.3, -0.25) is 0 Å². The van der Waals surface area contributed by atoms with Crippen LogP contribution in [-0.2, 0) is 19.9 Å². The Morgan fingerprint density at radius 3 is 2.48 bits per heavy atom. The maximum atomic E-state index is 4.86. The molecule has 0 aromatic carbocycles. The van der Waals surface area contributed by atoms with Crippen LogP contribution in [0.5, 0.6) is 0 Å². The van der Waals surface area contributed by atoms with Crippen molar-refractivity contribution in [2.45, 2.75) is 24.4 Å². The van der Waals surface area contributed by atoms with E-state index in [1.807, 2.05) is 17.9 Å². The molecule has 4 heterocycles. The second kappa shape index (κ2) is 6.63. The number of nitrogens with zero attached hydrogens (tertiary/aromatic N) is 8. The first-order valence-electron chi connectivity index (χ1n) is 9.30. The number of hydrogen-bond acceptors (Lipinski definition) is 8. The Morgan fingerprint density at radius 2 is 1.70 bits per heavy atom. The van der Waals surface area contributed by atoms with E-state index in [1.54, 1.807) is 24.4 Å². The number of hydrogen-bond donors (Lipinski definition) is 0. The van der Waals surface area contributed by atoms with Crippen LogP contribution in [0, 0.1) is 0 Å². The van der Waals surface area contributed by atoms with E-state index in [9.17, 15) is 0 Å². The lowest BCUT2D eigenvalue weighted by molar-refractivity contribution is 0.635. The summed E-state index contributed by atoms with van der Waals surface area (Å²) in [4.78, 5) is 27.5. The van der Waals surface area contributed by atoms with Crippen molar-refractivity contribution in [2.24, 2.45) is 7.05 Å². The average molecular weight is 382 g/mol. The van der Waals surface area contributed by atoms with Crippen LogP contribution in [0.4, 0.5) is 11.6 Å². The number of anilines is 2. The summed E-state index contributed by atoms with van der Waals surface area (Å²) in [5, 5.41) is 0.889. The molecule has 0 spiro atoms. The molecule has 0 atom stereocenters. The first kappa shape index (κ1) is 16.7. The van der Waals surface area contributed by atoms with E-state index in [2.05, 4.69) is 24.8 Å². The fourth-order valence-corrected chi connectivity index (χ4v) is 4.45. The van der Waals surface area contributed by atoms with Crippen LogP contribution in [0.25, 0.3) is 11.2 Å². The maximum absolute atomic E-state index is 4.86. The Morgan fingerprint density at radius 1 is 0.926 bits per heavy atom. The molecule has 1 saturated heterocycles. The normalized spacial score (nSPS) is 17.0. The summed E-state index contributed by atoms with van der Waals surface area (Å²) in [6, 6.07) is 0. The lowest BCUT2D eigenvalue weighted by atomic mass is 10.2. The van der Waals surface area contributed by atoms with Crippen LogP contribution in [0.1, 0.15) is 17.7 Å². The van der Waals surface area contributed by atoms with Gasteiger partial charge in [0.1, 0.15) is 17.7 Å². The molecule has 0 unspecified atom stereocenters. The highest BCUT2D eigenvalue weighted by Crippen LogP contribution is 2.32. The van der Waals surface area contributed by atoms with Crippen LogP contribution >= 0.6 is 11.8 Å². The number of piperazine rings is 1. The van der Waals surface area contributed by atoms with Gasteiger partial charge in [0.05, 0.1) is 12.0 Å². The lowest BCUT2D eigenvalue weighted by Gasteiger charge is -2.37. The van der Waals surface area contributed by atoms with Gasteiger partial charge in [0, 0.05) is 38.8 Å². The lowest BCUT2D eigenvalue weighted by Crippen LogP contribution is -2.47. The maximum Gasteiger partial charge on any atom is 0.189 e. The molecule has 27 heavy (non-hydrogen) atoms. The topological polar surface area (TPSA) is 75.9 Å². The summed E-state index contributed by atoms with van der Waals surface area (Å²) in [6.45, 7) is 3.68. The number of fused-ring (bicyclic) bond motifs is 2. The van der Waals surface area contributed by atoms with E-state index in [-0.39, 0.29) is 0 Å². The van der Waals surface area contributed by atoms with E-state index in [0.29, 0.717) is 0 Å². The number of aryl methyl sites for hydroxylation is 2. The molecule has 3 aromatic heterocycles. The molecule has 0 bridgehead atoms. The quantitative estimate of drug-likeness (QED) is 0.500. The Labute approximate surface area is 162 Å². The molecular formula is C18H22N8S. The molecule has 0 saturated carbocycles. The molecule has 0 N–H and O–H groups in total. The molecule has 0 amide bonds. The fourth-order valence-electron chi connectivity index (χ4n) is 4.07. The molecule has 140 valence electrons. The summed E-state index contributed by atoms with van der Waals surface area (Å²) in [7, 11) is 1.99. The van der Waals surface area contributed by atoms with Crippen molar-refractivity contribution >= 4 is 34.6 Å². The van der Waals surface area contributed by atoms with Gasteiger partial charge in [-0.15, -0.1) is 0 Å². The minimum Gasteiger partial charge on any atom is -0.353 e. The zero-order chi connectivity index (χ0) is 18.4. The van der Waals surface area contributed by atoms with Gasteiger partial charge in [0.25, 0.3) is 0 Å². The van der Waals surface area contributed by atoms with Gasteiger partial charge in [-0.25, -0.2) is 24.9 Å². The second-order valence-corrected chi connectivity index (χ2v) is 7.79. The highest BCUT2D eigenvalue weighted by molar-refractivity contribution is 7.98. The number of aromatic nitrogens is 6. The van der Waals surface area contributed by atoms with Crippen molar-refractivity contribution in [2.75, 3.05) is 42.2 Å². The number of imidazole rings is 1. The van der Waals surface area contributed by atoms with Gasteiger partial charge in [-0.1, -0.05) is 11.8 Å². The Bertz CT molecular complexity index is 992. The Kier molecular flexibility index (Phi) is 4.11. The first-order valence-corrected chi connectivity index (χ1v) is 10.5. The minimum atomic E-state index is 0.753. The average Bonchev–Trinajstić information content (AvgIpc) is 3.34. The van der Waals surface area contributed by atoms with E-state index in [1.165, 1.54) is 17.7 Å². The van der Waals surface area contributed by atoms with E-state index in [0.717, 1.165) is 67.0 Å². The van der Waals surface area contributed by atoms with Crippen LogP contribution in [0.15, 0.2) is 17.8 Å².